The van der Waals surface area contributed by atoms with Crippen LogP contribution in [0.2, 0.25) is 0 Å². The number of hydrogen-bond acceptors (Lipinski definition) is 2. The number of hydrogen-bond donors (Lipinski definition) is 2. The van der Waals surface area contributed by atoms with Crippen LogP contribution in [-0.4, -0.2) is 13.4 Å². The second-order valence-corrected chi connectivity index (χ2v) is 1.68. The average Bonchev–Trinajstić information content (AvgIpc) is 2.08. The smallest absolute Gasteiger partial charge is 0.118 e. The minimum absolute atomic E-state index is 0.750. The van der Waals surface area contributed by atoms with Crippen LogP contribution in [0.3, 0.4) is 0 Å². The molecule has 0 saturated heterocycles. The molecule has 0 unspecified atom stereocenters. The van der Waals surface area contributed by atoms with Gasteiger partial charge in [0.05, 0.1) is 13.4 Å². The van der Waals surface area contributed by atoms with E-state index in [0.717, 1.165) is 12.1 Å². The second-order valence-electron chi connectivity index (χ2n) is 1.68. The third kappa shape index (κ3) is 4.96. The largest absolute Gasteiger partial charge is 0.497 e. The van der Waals surface area contributed by atoms with Crippen LogP contribution in [0.25, 0.3) is 0 Å². The molecule has 0 aliphatic heterocycles. The highest BCUT2D eigenvalue weighted by Gasteiger charge is 1.80. The fraction of sp³-hybridized carbons (Fsp3) is 0.125. The molecular formula is C8H12N2O. The fourth-order valence-electron chi connectivity index (χ4n) is 0.557. The average molecular weight is 152 g/mol. The topological polar surface area (TPSA) is 59.1 Å². The molecule has 0 aliphatic carbocycles. The molecule has 1 aromatic carbocycles. The zero-order valence-corrected chi connectivity index (χ0v) is 6.45. The van der Waals surface area contributed by atoms with Crippen molar-refractivity contribution in [2.24, 2.45) is 5.73 Å². The lowest BCUT2D eigenvalue weighted by atomic mass is 10.3. The molecule has 0 radical (unpaired) electrons. The highest BCUT2D eigenvalue weighted by atomic mass is 16.5. The summed E-state index contributed by atoms with van der Waals surface area (Å²) < 4.78 is 4.91. The van der Waals surface area contributed by atoms with E-state index in [0.29, 0.717) is 0 Å². The van der Waals surface area contributed by atoms with Crippen LogP contribution >= 0.6 is 0 Å². The van der Waals surface area contributed by atoms with Crippen LogP contribution in [0, 0.1) is 5.41 Å². The summed E-state index contributed by atoms with van der Waals surface area (Å²) >= 11 is 0. The summed E-state index contributed by atoms with van der Waals surface area (Å²) in [5, 5.41) is 5.86. The maximum absolute atomic E-state index is 5.86. The van der Waals surface area contributed by atoms with E-state index in [4.69, 9.17) is 10.1 Å². The minimum atomic E-state index is 0.750. The molecule has 0 aromatic heterocycles. The van der Waals surface area contributed by atoms with Gasteiger partial charge in [0, 0.05) is 0 Å². The summed E-state index contributed by atoms with van der Waals surface area (Å²) in [6.07, 6.45) is 0.750. The molecule has 0 spiro atoms. The maximum Gasteiger partial charge on any atom is 0.118 e. The molecule has 0 atom stereocenters. The standard InChI is InChI=1S/C7H8O.CH4N2/c1-8-7-5-3-2-4-6-7;2-1-3/h2-6H,1H3;1H,(H3,2,3). The van der Waals surface area contributed by atoms with E-state index in [9.17, 15) is 0 Å². The van der Waals surface area contributed by atoms with Gasteiger partial charge in [-0.1, -0.05) is 18.2 Å². The first-order valence-electron chi connectivity index (χ1n) is 3.15. The Hall–Kier alpha value is -1.51. The Morgan fingerprint density at radius 2 is 1.82 bits per heavy atom. The molecule has 3 heteroatoms. The van der Waals surface area contributed by atoms with Gasteiger partial charge in [-0.2, -0.15) is 0 Å². The fourth-order valence-corrected chi connectivity index (χ4v) is 0.557. The SMILES string of the molecule is COc1ccccc1.N=CN. The third-order valence-corrected chi connectivity index (χ3v) is 0.979. The number of rotatable bonds is 1. The summed E-state index contributed by atoms with van der Waals surface area (Å²) in [6, 6.07) is 9.68. The highest BCUT2D eigenvalue weighted by Crippen LogP contribution is 2.05. The Balaban J connectivity index is 0.000000292. The van der Waals surface area contributed by atoms with Crippen molar-refractivity contribution >= 4 is 6.34 Å². The number of nitrogens with one attached hydrogen (secondary N) is 1. The predicted molar refractivity (Wildman–Crippen MR) is 46.0 cm³/mol. The van der Waals surface area contributed by atoms with E-state index >= 15 is 0 Å². The lowest BCUT2D eigenvalue weighted by molar-refractivity contribution is 0.415. The Morgan fingerprint density at radius 1 is 1.36 bits per heavy atom. The molecule has 3 N–H and O–H groups in total. The molecule has 0 heterocycles. The second kappa shape index (κ2) is 6.61. The predicted octanol–water partition coefficient (Wildman–Crippen LogP) is 1.25. The number of benzene rings is 1. The molecule has 11 heavy (non-hydrogen) atoms. The summed E-state index contributed by atoms with van der Waals surface area (Å²) in [5.41, 5.74) is 4.39. The van der Waals surface area contributed by atoms with Gasteiger partial charge in [-0.15, -0.1) is 0 Å². The monoisotopic (exact) mass is 152 g/mol. The van der Waals surface area contributed by atoms with Crippen LogP contribution in [0.4, 0.5) is 0 Å². The summed E-state index contributed by atoms with van der Waals surface area (Å²) in [6.45, 7) is 0. The van der Waals surface area contributed by atoms with Crippen molar-refractivity contribution < 1.29 is 4.74 Å². The minimum Gasteiger partial charge on any atom is -0.497 e. The van der Waals surface area contributed by atoms with Crippen molar-refractivity contribution in [1.82, 2.24) is 0 Å². The van der Waals surface area contributed by atoms with Gasteiger partial charge in [-0.05, 0) is 12.1 Å². The highest BCUT2D eigenvalue weighted by molar-refractivity contribution is 5.46. The maximum atomic E-state index is 5.86. The molecule has 0 aliphatic rings. The first kappa shape index (κ1) is 9.49. The van der Waals surface area contributed by atoms with Crippen molar-refractivity contribution in [3.05, 3.63) is 30.3 Å². The van der Waals surface area contributed by atoms with Crippen LogP contribution < -0.4 is 10.5 Å². The normalized spacial score (nSPS) is 7.36. The van der Waals surface area contributed by atoms with Gasteiger partial charge in [0.25, 0.3) is 0 Å². The molecule has 0 bridgehead atoms. The molecule has 3 nitrogen and oxygen atoms in total. The molecule has 60 valence electrons. The first-order valence-corrected chi connectivity index (χ1v) is 3.15. The van der Waals surface area contributed by atoms with Crippen LogP contribution in [0.5, 0.6) is 5.75 Å². The van der Waals surface area contributed by atoms with Gasteiger partial charge in [0.1, 0.15) is 5.75 Å². The van der Waals surface area contributed by atoms with Gasteiger partial charge in [0.15, 0.2) is 0 Å². The lowest BCUT2D eigenvalue weighted by Crippen LogP contribution is -1.81. The van der Waals surface area contributed by atoms with E-state index in [1.54, 1.807) is 7.11 Å². The first-order chi connectivity index (χ1) is 5.35. The van der Waals surface area contributed by atoms with E-state index in [1.165, 1.54) is 0 Å². The summed E-state index contributed by atoms with van der Waals surface area (Å²) in [4.78, 5) is 0. The number of para-hydroxylation sites is 1. The van der Waals surface area contributed by atoms with Gasteiger partial charge in [-0.25, -0.2) is 0 Å². The van der Waals surface area contributed by atoms with E-state index in [2.05, 4.69) is 5.73 Å². The van der Waals surface area contributed by atoms with E-state index in [-0.39, 0.29) is 0 Å². The molecule has 0 fully saturated rings. The Bertz CT molecular complexity index is 187. The van der Waals surface area contributed by atoms with E-state index < -0.39 is 0 Å². The van der Waals surface area contributed by atoms with Crippen LogP contribution in [0.15, 0.2) is 30.3 Å². The van der Waals surface area contributed by atoms with Crippen molar-refractivity contribution in [3.8, 4) is 5.75 Å². The molecular weight excluding hydrogens is 140 g/mol. The Kier molecular flexibility index (Phi) is 5.70. The van der Waals surface area contributed by atoms with Gasteiger partial charge in [0.2, 0.25) is 0 Å². The third-order valence-electron chi connectivity index (χ3n) is 0.979. The van der Waals surface area contributed by atoms with Crippen LogP contribution in [0.1, 0.15) is 0 Å². The molecule has 1 rings (SSSR count). The molecule has 0 amide bonds. The number of methoxy groups -OCH3 is 1. The molecule has 1 aromatic rings. The Morgan fingerprint density at radius 3 is 2.09 bits per heavy atom. The van der Waals surface area contributed by atoms with Gasteiger partial charge in [-0.3, -0.25) is 5.41 Å². The van der Waals surface area contributed by atoms with E-state index in [1.807, 2.05) is 30.3 Å². The van der Waals surface area contributed by atoms with Crippen molar-refractivity contribution in [2.75, 3.05) is 7.11 Å². The van der Waals surface area contributed by atoms with Crippen molar-refractivity contribution in [2.45, 2.75) is 0 Å². The van der Waals surface area contributed by atoms with Gasteiger partial charge >= 0.3 is 0 Å². The lowest BCUT2D eigenvalue weighted by Gasteiger charge is -1.93. The van der Waals surface area contributed by atoms with Crippen molar-refractivity contribution in [1.29, 1.82) is 5.41 Å². The van der Waals surface area contributed by atoms with Crippen LogP contribution in [-0.2, 0) is 0 Å². The number of ether oxygens (including phenoxy) is 1. The molecule has 0 saturated carbocycles. The zero-order valence-electron chi connectivity index (χ0n) is 6.45. The summed E-state index contributed by atoms with van der Waals surface area (Å²) in [7, 11) is 1.66. The quantitative estimate of drug-likeness (QED) is 0.470. The summed E-state index contributed by atoms with van der Waals surface area (Å²) in [5.74, 6) is 0.910. The Labute approximate surface area is 66.3 Å². The van der Waals surface area contributed by atoms with Gasteiger partial charge < -0.3 is 10.5 Å². The zero-order chi connectivity index (χ0) is 8.53. The van der Waals surface area contributed by atoms with Crippen molar-refractivity contribution in [3.63, 3.8) is 0 Å². The number of nitrogens with two attached hydrogens (primary N) is 1.